The highest BCUT2D eigenvalue weighted by Gasteiger charge is 2.17. The van der Waals surface area contributed by atoms with Crippen LogP contribution in [0.3, 0.4) is 0 Å². The lowest BCUT2D eigenvalue weighted by Crippen LogP contribution is -2.05. The summed E-state index contributed by atoms with van der Waals surface area (Å²) in [6, 6.07) is 5.74. The molecule has 0 unspecified atom stereocenters. The Hall–Kier alpha value is -2.01. The standard InChI is InChI=1S/C14H19N3O2/c1-9-14(12(8-15)17(2)16-9)11-6-5-10(18-3)7-13(11)19-4/h5-7H,8,15H2,1-4H3. The minimum Gasteiger partial charge on any atom is -0.497 e. The van der Waals surface area contributed by atoms with Crippen molar-refractivity contribution in [1.29, 1.82) is 0 Å². The third-order valence-corrected chi connectivity index (χ3v) is 3.21. The van der Waals surface area contributed by atoms with Gasteiger partial charge in [-0.2, -0.15) is 5.10 Å². The number of nitrogens with zero attached hydrogens (tertiary/aromatic N) is 2. The molecule has 0 radical (unpaired) electrons. The first kappa shape index (κ1) is 13.4. The van der Waals surface area contributed by atoms with Crippen molar-refractivity contribution in [3.8, 4) is 22.6 Å². The van der Waals surface area contributed by atoms with E-state index in [0.717, 1.165) is 34.0 Å². The second-order valence-corrected chi connectivity index (χ2v) is 4.30. The molecule has 0 saturated heterocycles. The first-order valence-corrected chi connectivity index (χ1v) is 6.07. The van der Waals surface area contributed by atoms with E-state index in [4.69, 9.17) is 15.2 Å². The summed E-state index contributed by atoms with van der Waals surface area (Å²) in [5.41, 5.74) is 9.76. The fourth-order valence-electron chi connectivity index (χ4n) is 2.30. The minimum atomic E-state index is 0.432. The van der Waals surface area contributed by atoms with Crippen molar-refractivity contribution in [3.63, 3.8) is 0 Å². The second-order valence-electron chi connectivity index (χ2n) is 4.30. The molecule has 19 heavy (non-hydrogen) atoms. The van der Waals surface area contributed by atoms with E-state index in [0.29, 0.717) is 6.54 Å². The van der Waals surface area contributed by atoms with Crippen molar-refractivity contribution in [2.45, 2.75) is 13.5 Å². The molecule has 0 amide bonds. The van der Waals surface area contributed by atoms with Gasteiger partial charge in [-0.05, 0) is 19.1 Å². The highest BCUT2D eigenvalue weighted by Crippen LogP contribution is 2.36. The molecule has 0 aliphatic heterocycles. The van der Waals surface area contributed by atoms with Crippen molar-refractivity contribution in [2.24, 2.45) is 12.8 Å². The molecule has 1 heterocycles. The molecule has 0 atom stereocenters. The summed E-state index contributed by atoms with van der Waals surface area (Å²) < 4.78 is 12.5. The van der Waals surface area contributed by atoms with Crippen molar-refractivity contribution >= 4 is 0 Å². The quantitative estimate of drug-likeness (QED) is 0.912. The second kappa shape index (κ2) is 5.32. The molecule has 0 bridgehead atoms. The Kier molecular flexibility index (Phi) is 3.76. The first-order chi connectivity index (χ1) is 9.12. The summed E-state index contributed by atoms with van der Waals surface area (Å²) in [4.78, 5) is 0. The van der Waals surface area contributed by atoms with E-state index < -0.39 is 0 Å². The zero-order valence-corrected chi connectivity index (χ0v) is 11.7. The van der Waals surface area contributed by atoms with E-state index >= 15 is 0 Å². The maximum absolute atomic E-state index is 5.82. The Morgan fingerprint density at radius 1 is 1.26 bits per heavy atom. The van der Waals surface area contributed by atoms with Gasteiger partial charge in [0.15, 0.2) is 0 Å². The number of benzene rings is 1. The van der Waals surface area contributed by atoms with Crippen molar-refractivity contribution in [1.82, 2.24) is 9.78 Å². The zero-order chi connectivity index (χ0) is 14.0. The molecule has 0 fully saturated rings. The highest BCUT2D eigenvalue weighted by atomic mass is 16.5. The van der Waals surface area contributed by atoms with Crippen LogP contribution in [0.25, 0.3) is 11.1 Å². The van der Waals surface area contributed by atoms with Gasteiger partial charge >= 0.3 is 0 Å². The van der Waals surface area contributed by atoms with E-state index in [1.54, 1.807) is 14.2 Å². The Bertz CT molecular complexity index is 591. The molecular weight excluding hydrogens is 242 g/mol. The summed E-state index contributed by atoms with van der Waals surface area (Å²) >= 11 is 0. The predicted molar refractivity (Wildman–Crippen MR) is 74.4 cm³/mol. The molecule has 0 aliphatic carbocycles. The Morgan fingerprint density at radius 3 is 2.58 bits per heavy atom. The van der Waals surface area contributed by atoms with E-state index in [1.807, 2.05) is 36.9 Å². The van der Waals surface area contributed by atoms with Gasteiger partial charge in [0.25, 0.3) is 0 Å². The molecule has 1 aromatic heterocycles. The average Bonchev–Trinajstić information content (AvgIpc) is 2.71. The van der Waals surface area contributed by atoms with Crippen LogP contribution in [0.5, 0.6) is 11.5 Å². The molecule has 2 aromatic rings. The molecule has 1 aromatic carbocycles. The molecular formula is C14H19N3O2. The fourth-order valence-corrected chi connectivity index (χ4v) is 2.30. The fraction of sp³-hybridized carbons (Fsp3) is 0.357. The Balaban J connectivity index is 2.64. The van der Waals surface area contributed by atoms with Gasteiger partial charge in [0.2, 0.25) is 0 Å². The van der Waals surface area contributed by atoms with E-state index in [1.165, 1.54) is 0 Å². The first-order valence-electron chi connectivity index (χ1n) is 6.07. The lowest BCUT2D eigenvalue weighted by Gasteiger charge is -2.11. The van der Waals surface area contributed by atoms with E-state index in [9.17, 15) is 0 Å². The average molecular weight is 261 g/mol. The Morgan fingerprint density at radius 2 is 2.00 bits per heavy atom. The molecule has 5 nitrogen and oxygen atoms in total. The van der Waals surface area contributed by atoms with E-state index in [2.05, 4.69) is 5.10 Å². The molecule has 2 N–H and O–H groups in total. The van der Waals surface area contributed by atoms with Gasteiger partial charge in [0.05, 0.1) is 25.6 Å². The molecule has 0 spiro atoms. The lowest BCUT2D eigenvalue weighted by molar-refractivity contribution is 0.395. The monoisotopic (exact) mass is 261 g/mol. The molecule has 0 aliphatic rings. The topological polar surface area (TPSA) is 62.3 Å². The maximum atomic E-state index is 5.82. The third-order valence-electron chi connectivity index (χ3n) is 3.21. The third kappa shape index (κ3) is 2.29. The molecule has 5 heteroatoms. The number of aromatic nitrogens is 2. The lowest BCUT2D eigenvalue weighted by atomic mass is 10.0. The largest absolute Gasteiger partial charge is 0.497 e. The summed E-state index contributed by atoms with van der Waals surface area (Å²) in [6.07, 6.45) is 0. The molecule has 0 saturated carbocycles. The van der Waals surface area contributed by atoms with Gasteiger partial charge in [-0.3, -0.25) is 4.68 Å². The number of nitrogens with two attached hydrogens (primary N) is 1. The number of ether oxygens (including phenoxy) is 2. The SMILES string of the molecule is COc1ccc(-c2c(C)nn(C)c2CN)c(OC)c1. The zero-order valence-electron chi connectivity index (χ0n) is 11.7. The molecule has 2 rings (SSSR count). The van der Waals surface area contributed by atoms with E-state index in [-0.39, 0.29) is 0 Å². The smallest absolute Gasteiger partial charge is 0.130 e. The van der Waals surface area contributed by atoms with Crippen LogP contribution in [-0.4, -0.2) is 24.0 Å². The predicted octanol–water partition coefficient (Wildman–Crippen LogP) is 1.87. The number of hydrogen-bond acceptors (Lipinski definition) is 4. The number of methoxy groups -OCH3 is 2. The summed E-state index contributed by atoms with van der Waals surface area (Å²) in [7, 11) is 5.18. The van der Waals surface area contributed by atoms with Gasteiger partial charge in [0.1, 0.15) is 11.5 Å². The van der Waals surface area contributed by atoms with Crippen molar-refractivity contribution in [2.75, 3.05) is 14.2 Å². The normalized spacial score (nSPS) is 10.6. The number of rotatable bonds is 4. The van der Waals surface area contributed by atoms with Crippen LogP contribution < -0.4 is 15.2 Å². The molecule has 102 valence electrons. The van der Waals surface area contributed by atoms with Crippen LogP contribution in [0, 0.1) is 6.92 Å². The minimum absolute atomic E-state index is 0.432. The number of hydrogen-bond donors (Lipinski definition) is 1. The van der Waals surface area contributed by atoms with Crippen molar-refractivity contribution < 1.29 is 9.47 Å². The van der Waals surface area contributed by atoms with Crippen LogP contribution in [0.15, 0.2) is 18.2 Å². The summed E-state index contributed by atoms with van der Waals surface area (Å²) in [6.45, 7) is 2.40. The summed E-state index contributed by atoms with van der Waals surface area (Å²) in [5.74, 6) is 1.52. The van der Waals surface area contributed by atoms with Crippen molar-refractivity contribution in [3.05, 3.63) is 29.6 Å². The number of aryl methyl sites for hydroxylation is 2. The van der Waals surface area contributed by atoms with Crippen LogP contribution in [0.1, 0.15) is 11.4 Å². The van der Waals surface area contributed by atoms with Gasteiger partial charge in [-0.15, -0.1) is 0 Å². The highest BCUT2D eigenvalue weighted by molar-refractivity contribution is 5.75. The summed E-state index contributed by atoms with van der Waals surface area (Å²) in [5, 5.41) is 4.43. The van der Waals surface area contributed by atoms with Crippen LogP contribution in [0.4, 0.5) is 0 Å². The van der Waals surface area contributed by atoms with Gasteiger partial charge in [-0.1, -0.05) is 0 Å². The van der Waals surface area contributed by atoms with Crippen LogP contribution in [-0.2, 0) is 13.6 Å². The van der Waals surface area contributed by atoms with Gasteiger partial charge in [-0.25, -0.2) is 0 Å². The Labute approximate surface area is 112 Å². The van der Waals surface area contributed by atoms with Gasteiger partial charge < -0.3 is 15.2 Å². The van der Waals surface area contributed by atoms with Gasteiger partial charge in [0, 0.05) is 30.8 Å². The van der Waals surface area contributed by atoms with Crippen LogP contribution in [0.2, 0.25) is 0 Å². The maximum Gasteiger partial charge on any atom is 0.130 e. The van der Waals surface area contributed by atoms with Crippen LogP contribution >= 0.6 is 0 Å².